The Morgan fingerprint density at radius 2 is 1.94 bits per heavy atom. The zero-order valence-corrected chi connectivity index (χ0v) is 10.8. The smallest absolute Gasteiger partial charge is 0.331 e. The normalized spacial score (nSPS) is 13.9. The average molecular weight is 244 g/mol. The lowest BCUT2D eigenvalue weighted by Crippen LogP contribution is -2.37. The lowest BCUT2D eigenvalue weighted by Gasteiger charge is -2.27. The van der Waals surface area contributed by atoms with Crippen molar-refractivity contribution in [3.05, 3.63) is 12.7 Å². The summed E-state index contributed by atoms with van der Waals surface area (Å²) in [6.45, 7) is 8.54. The van der Waals surface area contributed by atoms with E-state index in [1.807, 2.05) is 13.8 Å². The molecule has 0 radical (unpaired) electrons. The van der Waals surface area contributed by atoms with Gasteiger partial charge in [0.15, 0.2) is 0 Å². The Morgan fingerprint density at radius 1 is 1.35 bits per heavy atom. The molecule has 0 aliphatic rings. The van der Waals surface area contributed by atoms with Gasteiger partial charge in [-0.25, -0.2) is 4.79 Å². The first kappa shape index (κ1) is 15.6. The standard InChI is InChI=1S/C12H20O5/c1-6-10(17-9(4)13)12(8(2)3)16-7-11(14)15-5/h6,8,10,12H,1,7H2,2-5H3. The monoisotopic (exact) mass is 244 g/mol. The first-order valence-electron chi connectivity index (χ1n) is 5.40. The zero-order chi connectivity index (χ0) is 13.4. The molecule has 0 saturated carbocycles. The maximum absolute atomic E-state index is 11.0. The van der Waals surface area contributed by atoms with Crippen molar-refractivity contribution in [1.82, 2.24) is 0 Å². The molecule has 2 unspecified atom stereocenters. The molecule has 0 aromatic carbocycles. The number of ether oxygens (including phenoxy) is 3. The maximum Gasteiger partial charge on any atom is 0.331 e. The fourth-order valence-electron chi connectivity index (χ4n) is 1.33. The van der Waals surface area contributed by atoms with E-state index in [0.717, 1.165) is 0 Å². The molecule has 17 heavy (non-hydrogen) atoms. The van der Waals surface area contributed by atoms with Crippen LogP contribution < -0.4 is 0 Å². The summed E-state index contributed by atoms with van der Waals surface area (Å²) in [6.07, 6.45) is 0.497. The molecular formula is C12H20O5. The molecule has 0 aromatic rings. The maximum atomic E-state index is 11.0. The van der Waals surface area contributed by atoms with Gasteiger partial charge in [0.2, 0.25) is 0 Å². The number of esters is 2. The average Bonchev–Trinajstić information content (AvgIpc) is 2.26. The van der Waals surface area contributed by atoms with Crippen LogP contribution in [0.2, 0.25) is 0 Å². The molecule has 0 N–H and O–H groups in total. The van der Waals surface area contributed by atoms with Crippen LogP contribution in [-0.2, 0) is 23.8 Å². The van der Waals surface area contributed by atoms with Gasteiger partial charge in [0.25, 0.3) is 0 Å². The summed E-state index contributed by atoms with van der Waals surface area (Å²) in [5.41, 5.74) is 0. The SMILES string of the molecule is C=CC(OC(C)=O)C(OCC(=O)OC)C(C)C. The minimum atomic E-state index is -0.572. The molecule has 0 rings (SSSR count). The lowest BCUT2D eigenvalue weighted by atomic mass is 10.0. The van der Waals surface area contributed by atoms with Gasteiger partial charge in [0, 0.05) is 6.92 Å². The van der Waals surface area contributed by atoms with E-state index in [1.54, 1.807) is 0 Å². The summed E-state index contributed by atoms with van der Waals surface area (Å²) < 4.78 is 14.9. The van der Waals surface area contributed by atoms with E-state index >= 15 is 0 Å². The highest BCUT2D eigenvalue weighted by Gasteiger charge is 2.26. The highest BCUT2D eigenvalue weighted by Crippen LogP contribution is 2.15. The molecule has 0 heterocycles. The van der Waals surface area contributed by atoms with Crippen LogP contribution in [0, 0.1) is 5.92 Å². The predicted octanol–water partition coefficient (Wildman–Crippen LogP) is 1.32. The molecule has 0 spiro atoms. The van der Waals surface area contributed by atoms with Crippen LogP contribution in [0.4, 0.5) is 0 Å². The van der Waals surface area contributed by atoms with E-state index in [1.165, 1.54) is 20.1 Å². The van der Waals surface area contributed by atoms with Gasteiger partial charge < -0.3 is 14.2 Å². The van der Waals surface area contributed by atoms with Crippen LogP contribution in [0.5, 0.6) is 0 Å². The molecule has 0 aromatic heterocycles. The van der Waals surface area contributed by atoms with Crippen LogP contribution in [0.15, 0.2) is 12.7 Å². The van der Waals surface area contributed by atoms with Crippen molar-refractivity contribution in [3.8, 4) is 0 Å². The molecule has 5 heteroatoms. The number of rotatable bonds is 7. The lowest BCUT2D eigenvalue weighted by molar-refractivity contribution is -0.159. The quantitative estimate of drug-likeness (QED) is 0.499. The minimum Gasteiger partial charge on any atom is -0.467 e. The van der Waals surface area contributed by atoms with Gasteiger partial charge in [-0.2, -0.15) is 0 Å². The summed E-state index contributed by atoms with van der Waals surface area (Å²) in [5.74, 6) is -0.814. The van der Waals surface area contributed by atoms with E-state index in [2.05, 4.69) is 11.3 Å². The number of carbonyl (C=O) groups is 2. The first-order valence-corrected chi connectivity index (χ1v) is 5.40. The molecule has 98 valence electrons. The van der Waals surface area contributed by atoms with Crippen molar-refractivity contribution in [3.63, 3.8) is 0 Å². The summed E-state index contributed by atoms with van der Waals surface area (Å²) in [5, 5.41) is 0. The molecule has 2 atom stereocenters. The van der Waals surface area contributed by atoms with E-state index < -0.39 is 24.1 Å². The summed E-state index contributed by atoms with van der Waals surface area (Å²) >= 11 is 0. The Kier molecular flexibility index (Phi) is 7.21. The Hall–Kier alpha value is -1.36. The largest absolute Gasteiger partial charge is 0.467 e. The molecule has 0 saturated heterocycles. The van der Waals surface area contributed by atoms with Gasteiger partial charge >= 0.3 is 11.9 Å². The molecule has 0 bridgehead atoms. The second-order valence-electron chi connectivity index (χ2n) is 3.91. The summed E-state index contributed by atoms with van der Waals surface area (Å²) in [6, 6.07) is 0. The second kappa shape index (κ2) is 7.84. The third-order valence-electron chi connectivity index (χ3n) is 2.14. The molecule has 0 aliphatic heterocycles. The molecular weight excluding hydrogens is 224 g/mol. The summed E-state index contributed by atoms with van der Waals surface area (Å²) in [7, 11) is 1.28. The Morgan fingerprint density at radius 3 is 2.29 bits per heavy atom. The van der Waals surface area contributed by atoms with Gasteiger partial charge in [0.05, 0.1) is 7.11 Å². The van der Waals surface area contributed by atoms with Crippen molar-refractivity contribution in [2.45, 2.75) is 33.0 Å². The third kappa shape index (κ3) is 6.06. The zero-order valence-electron chi connectivity index (χ0n) is 10.8. The minimum absolute atomic E-state index is 0.0713. The van der Waals surface area contributed by atoms with Crippen LogP contribution >= 0.6 is 0 Å². The van der Waals surface area contributed by atoms with Crippen LogP contribution in [0.1, 0.15) is 20.8 Å². The van der Waals surface area contributed by atoms with Gasteiger partial charge in [-0.15, -0.1) is 0 Å². The number of methoxy groups -OCH3 is 1. The number of carbonyl (C=O) groups excluding carboxylic acids is 2. The van der Waals surface area contributed by atoms with E-state index in [9.17, 15) is 9.59 Å². The molecule has 5 nitrogen and oxygen atoms in total. The van der Waals surface area contributed by atoms with E-state index in [-0.39, 0.29) is 12.5 Å². The van der Waals surface area contributed by atoms with Crippen molar-refractivity contribution in [2.75, 3.05) is 13.7 Å². The van der Waals surface area contributed by atoms with Crippen LogP contribution in [0.25, 0.3) is 0 Å². The van der Waals surface area contributed by atoms with Gasteiger partial charge in [-0.05, 0) is 12.0 Å². The highest BCUT2D eigenvalue weighted by atomic mass is 16.6. The van der Waals surface area contributed by atoms with Gasteiger partial charge in [-0.1, -0.05) is 20.4 Å². The molecule has 0 amide bonds. The van der Waals surface area contributed by atoms with Crippen LogP contribution in [0.3, 0.4) is 0 Å². The highest BCUT2D eigenvalue weighted by molar-refractivity contribution is 5.70. The first-order chi connectivity index (χ1) is 7.92. The van der Waals surface area contributed by atoms with E-state index in [4.69, 9.17) is 9.47 Å². The third-order valence-corrected chi connectivity index (χ3v) is 2.14. The van der Waals surface area contributed by atoms with Crippen molar-refractivity contribution in [1.29, 1.82) is 0 Å². The van der Waals surface area contributed by atoms with Crippen molar-refractivity contribution < 1.29 is 23.8 Å². The predicted molar refractivity (Wildman–Crippen MR) is 62.3 cm³/mol. The fourth-order valence-corrected chi connectivity index (χ4v) is 1.33. The van der Waals surface area contributed by atoms with Gasteiger partial charge in [-0.3, -0.25) is 4.79 Å². The molecule has 0 fully saturated rings. The van der Waals surface area contributed by atoms with Crippen LogP contribution in [-0.4, -0.2) is 37.9 Å². The Bertz CT molecular complexity index is 272. The number of hydrogen-bond donors (Lipinski definition) is 0. The van der Waals surface area contributed by atoms with Crippen molar-refractivity contribution in [2.24, 2.45) is 5.92 Å². The second-order valence-corrected chi connectivity index (χ2v) is 3.91. The summed E-state index contributed by atoms with van der Waals surface area (Å²) in [4.78, 5) is 21.9. The molecule has 0 aliphatic carbocycles. The Balaban J connectivity index is 4.52. The topological polar surface area (TPSA) is 61.8 Å². The fraction of sp³-hybridized carbons (Fsp3) is 0.667. The van der Waals surface area contributed by atoms with Crippen molar-refractivity contribution >= 4 is 11.9 Å². The van der Waals surface area contributed by atoms with E-state index in [0.29, 0.717) is 0 Å². The Labute approximate surface area is 102 Å². The van der Waals surface area contributed by atoms with Gasteiger partial charge in [0.1, 0.15) is 18.8 Å². The number of hydrogen-bond acceptors (Lipinski definition) is 5.